The molecule has 0 aliphatic heterocycles. The van der Waals surface area contributed by atoms with Gasteiger partial charge in [-0.3, -0.25) is 4.79 Å². The standard InChI is InChI=1S/C25H16F4N4O/c26-15-9-10-16(19(27)12-15)17-6-2-4-8-21(17)31-25(34)18-13-33(32-23(18)24(28)29)22-11-14-5-1-3-7-20(14)30-22/h1-13,24,30H,(H,31,34). The summed E-state index contributed by atoms with van der Waals surface area (Å²) in [6.45, 7) is 0. The zero-order chi connectivity index (χ0) is 23.8. The Morgan fingerprint density at radius 2 is 1.71 bits per heavy atom. The van der Waals surface area contributed by atoms with Crippen LogP contribution in [0.4, 0.5) is 23.2 Å². The quantitative estimate of drug-likeness (QED) is 0.292. The molecule has 3 aromatic carbocycles. The molecule has 0 spiro atoms. The number of nitrogens with zero attached hydrogens (tertiary/aromatic N) is 2. The van der Waals surface area contributed by atoms with Crippen LogP contribution < -0.4 is 5.32 Å². The van der Waals surface area contributed by atoms with E-state index in [0.717, 1.165) is 23.0 Å². The maximum atomic E-state index is 14.4. The molecule has 170 valence electrons. The molecule has 5 nitrogen and oxygen atoms in total. The first kappa shape index (κ1) is 21.4. The monoisotopic (exact) mass is 464 g/mol. The highest BCUT2D eigenvalue weighted by molar-refractivity contribution is 6.07. The number of nitrogens with one attached hydrogen (secondary N) is 2. The third kappa shape index (κ3) is 3.92. The highest BCUT2D eigenvalue weighted by Crippen LogP contribution is 2.32. The summed E-state index contributed by atoms with van der Waals surface area (Å²) in [4.78, 5) is 16.1. The number of anilines is 1. The van der Waals surface area contributed by atoms with Crippen LogP contribution in [0.2, 0.25) is 0 Å². The Kier molecular flexibility index (Phi) is 5.37. The number of halogens is 4. The summed E-state index contributed by atoms with van der Waals surface area (Å²) in [5, 5.41) is 7.33. The van der Waals surface area contributed by atoms with Crippen LogP contribution in [0.25, 0.3) is 27.8 Å². The van der Waals surface area contributed by atoms with E-state index in [0.29, 0.717) is 5.82 Å². The molecule has 0 saturated heterocycles. The van der Waals surface area contributed by atoms with Gasteiger partial charge in [0.05, 0.1) is 5.56 Å². The molecule has 1 amide bonds. The molecule has 2 aromatic heterocycles. The van der Waals surface area contributed by atoms with Gasteiger partial charge in [-0.15, -0.1) is 0 Å². The number of amides is 1. The zero-order valence-electron chi connectivity index (χ0n) is 17.4. The van der Waals surface area contributed by atoms with Crippen molar-refractivity contribution >= 4 is 22.5 Å². The molecular formula is C25H16F4N4O. The van der Waals surface area contributed by atoms with Crippen molar-refractivity contribution in [1.29, 1.82) is 0 Å². The maximum Gasteiger partial charge on any atom is 0.282 e. The average molecular weight is 464 g/mol. The van der Waals surface area contributed by atoms with Crippen molar-refractivity contribution in [3.8, 4) is 16.9 Å². The topological polar surface area (TPSA) is 62.7 Å². The van der Waals surface area contributed by atoms with Crippen LogP contribution in [0.5, 0.6) is 0 Å². The Morgan fingerprint density at radius 1 is 0.941 bits per heavy atom. The summed E-state index contributed by atoms with van der Waals surface area (Å²) in [5.41, 5.74) is 0.268. The molecule has 0 aliphatic carbocycles. The van der Waals surface area contributed by atoms with E-state index in [9.17, 15) is 22.4 Å². The van der Waals surface area contributed by atoms with Crippen molar-refractivity contribution < 1.29 is 22.4 Å². The number of carbonyl (C=O) groups excluding carboxylic acids is 1. The second kappa shape index (κ2) is 8.51. The SMILES string of the molecule is O=C(Nc1ccccc1-c1ccc(F)cc1F)c1cn(-c2cc3ccccc3[nH]2)nc1C(F)F. The van der Waals surface area contributed by atoms with E-state index in [4.69, 9.17) is 0 Å². The number of para-hydroxylation sites is 2. The van der Waals surface area contributed by atoms with Gasteiger partial charge >= 0.3 is 0 Å². The Balaban J connectivity index is 1.51. The lowest BCUT2D eigenvalue weighted by atomic mass is 10.0. The van der Waals surface area contributed by atoms with Gasteiger partial charge in [-0.2, -0.15) is 5.10 Å². The molecule has 0 radical (unpaired) electrons. The molecule has 0 fully saturated rings. The maximum absolute atomic E-state index is 14.4. The summed E-state index contributed by atoms with van der Waals surface area (Å²) >= 11 is 0. The van der Waals surface area contributed by atoms with Crippen LogP contribution >= 0.6 is 0 Å². The number of carbonyl (C=O) groups is 1. The Morgan fingerprint density at radius 3 is 2.47 bits per heavy atom. The number of hydrogen-bond donors (Lipinski definition) is 2. The molecule has 0 bridgehead atoms. The molecular weight excluding hydrogens is 448 g/mol. The number of hydrogen-bond acceptors (Lipinski definition) is 2. The molecule has 0 atom stereocenters. The van der Waals surface area contributed by atoms with Crippen LogP contribution in [-0.4, -0.2) is 20.7 Å². The van der Waals surface area contributed by atoms with Gasteiger partial charge in [0.25, 0.3) is 12.3 Å². The van der Waals surface area contributed by atoms with Gasteiger partial charge in [0.2, 0.25) is 0 Å². The molecule has 0 aliphatic rings. The molecule has 5 aromatic rings. The lowest BCUT2D eigenvalue weighted by Crippen LogP contribution is -2.14. The van der Waals surface area contributed by atoms with Crippen molar-refractivity contribution in [2.24, 2.45) is 0 Å². The number of benzene rings is 3. The lowest BCUT2D eigenvalue weighted by Gasteiger charge is -2.12. The minimum Gasteiger partial charge on any atom is -0.340 e. The van der Waals surface area contributed by atoms with E-state index in [-0.39, 0.29) is 22.4 Å². The minimum absolute atomic E-state index is 0.0557. The number of fused-ring (bicyclic) bond motifs is 1. The van der Waals surface area contributed by atoms with Crippen molar-refractivity contribution in [2.75, 3.05) is 5.32 Å². The first-order valence-electron chi connectivity index (χ1n) is 10.2. The fraction of sp³-hybridized carbons (Fsp3) is 0.0400. The molecule has 2 N–H and O–H groups in total. The number of alkyl halides is 2. The van der Waals surface area contributed by atoms with Gasteiger partial charge in [0.15, 0.2) is 0 Å². The van der Waals surface area contributed by atoms with Crippen LogP contribution in [-0.2, 0) is 0 Å². The largest absolute Gasteiger partial charge is 0.340 e. The second-order valence-corrected chi connectivity index (χ2v) is 7.54. The van der Waals surface area contributed by atoms with E-state index >= 15 is 0 Å². The molecule has 9 heteroatoms. The first-order chi connectivity index (χ1) is 16.4. The van der Waals surface area contributed by atoms with Crippen LogP contribution in [0.3, 0.4) is 0 Å². The fourth-order valence-corrected chi connectivity index (χ4v) is 3.75. The first-order valence-corrected chi connectivity index (χ1v) is 10.2. The van der Waals surface area contributed by atoms with Gasteiger partial charge < -0.3 is 10.3 Å². The lowest BCUT2D eigenvalue weighted by molar-refractivity contribution is 0.101. The van der Waals surface area contributed by atoms with E-state index < -0.39 is 29.7 Å². The number of aromatic nitrogens is 3. The van der Waals surface area contributed by atoms with Gasteiger partial charge in [-0.05, 0) is 30.3 Å². The van der Waals surface area contributed by atoms with Gasteiger partial charge in [0, 0.05) is 40.0 Å². The highest BCUT2D eigenvalue weighted by atomic mass is 19.3. The van der Waals surface area contributed by atoms with Crippen molar-refractivity contribution in [3.63, 3.8) is 0 Å². The van der Waals surface area contributed by atoms with Crippen molar-refractivity contribution in [3.05, 3.63) is 102 Å². The smallest absolute Gasteiger partial charge is 0.282 e. The van der Waals surface area contributed by atoms with Gasteiger partial charge in [-0.25, -0.2) is 22.2 Å². The van der Waals surface area contributed by atoms with E-state index in [1.54, 1.807) is 18.2 Å². The summed E-state index contributed by atoms with van der Waals surface area (Å²) < 4.78 is 56.4. The molecule has 5 rings (SSSR count). The zero-order valence-corrected chi connectivity index (χ0v) is 17.4. The second-order valence-electron chi connectivity index (χ2n) is 7.54. The molecule has 2 heterocycles. The third-order valence-electron chi connectivity index (χ3n) is 5.35. The average Bonchev–Trinajstić information content (AvgIpc) is 3.44. The van der Waals surface area contributed by atoms with Crippen molar-refractivity contribution in [1.82, 2.24) is 14.8 Å². The number of aromatic amines is 1. The predicted molar refractivity (Wildman–Crippen MR) is 120 cm³/mol. The minimum atomic E-state index is -3.00. The Bertz CT molecular complexity index is 1490. The molecule has 0 saturated carbocycles. The van der Waals surface area contributed by atoms with Crippen LogP contribution in [0, 0.1) is 11.6 Å². The molecule has 34 heavy (non-hydrogen) atoms. The normalized spacial score (nSPS) is 11.3. The Hall–Kier alpha value is -4.40. The summed E-state index contributed by atoms with van der Waals surface area (Å²) in [7, 11) is 0. The highest BCUT2D eigenvalue weighted by Gasteiger charge is 2.25. The van der Waals surface area contributed by atoms with Gasteiger partial charge in [-0.1, -0.05) is 36.4 Å². The van der Waals surface area contributed by atoms with Gasteiger partial charge in [0.1, 0.15) is 23.1 Å². The van der Waals surface area contributed by atoms with Crippen molar-refractivity contribution in [2.45, 2.75) is 6.43 Å². The third-order valence-corrected chi connectivity index (χ3v) is 5.35. The fourth-order valence-electron chi connectivity index (χ4n) is 3.75. The van der Waals surface area contributed by atoms with E-state index in [2.05, 4.69) is 15.4 Å². The van der Waals surface area contributed by atoms with Crippen LogP contribution in [0.1, 0.15) is 22.5 Å². The summed E-state index contributed by atoms with van der Waals surface area (Å²) in [6.07, 6.45) is -1.79. The molecule has 0 unspecified atom stereocenters. The predicted octanol–water partition coefficient (Wildman–Crippen LogP) is 6.49. The summed E-state index contributed by atoms with van der Waals surface area (Å²) in [6, 6.07) is 18.4. The Labute approximate surface area is 190 Å². The number of rotatable bonds is 5. The van der Waals surface area contributed by atoms with E-state index in [1.165, 1.54) is 29.1 Å². The van der Waals surface area contributed by atoms with E-state index in [1.807, 2.05) is 24.3 Å². The summed E-state index contributed by atoms with van der Waals surface area (Å²) in [5.74, 6) is -1.99. The van der Waals surface area contributed by atoms with Crippen LogP contribution in [0.15, 0.2) is 79.0 Å². The number of H-pyrrole nitrogens is 1.